The average molecular weight is 299 g/mol. The standard InChI is InChI=1S/C11H11BrN2OS/c1-2-16-6-10-13-9-4-3-7(12)5-8(9)11(15)14-10/h3-5H,2,6H2,1H3,(H,13,14,15). The first-order valence-corrected chi connectivity index (χ1v) is 6.91. The molecule has 2 aromatic rings. The molecule has 1 heterocycles. The van der Waals surface area contributed by atoms with Crippen LogP contribution in [0.15, 0.2) is 27.5 Å². The van der Waals surface area contributed by atoms with Gasteiger partial charge in [-0.05, 0) is 24.0 Å². The molecule has 0 spiro atoms. The molecule has 0 aliphatic heterocycles. The second-order valence-electron chi connectivity index (χ2n) is 3.31. The Hall–Kier alpha value is -0.810. The summed E-state index contributed by atoms with van der Waals surface area (Å²) in [5.41, 5.74) is 0.677. The monoisotopic (exact) mass is 298 g/mol. The van der Waals surface area contributed by atoms with Crippen molar-refractivity contribution in [3.05, 3.63) is 38.9 Å². The number of fused-ring (bicyclic) bond motifs is 1. The highest BCUT2D eigenvalue weighted by Gasteiger charge is 2.03. The number of aromatic amines is 1. The molecular weight excluding hydrogens is 288 g/mol. The quantitative estimate of drug-likeness (QED) is 0.948. The first kappa shape index (κ1) is 11.7. The molecular formula is C11H11BrN2OS. The first-order chi connectivity index (χ1) is 7.70. The molecule has 1 aromatic heterocycles. The molecule has 0 amide bonds. The van der Waals surface area contributed by atoms with Gasteiger partial charge in [-0.15, -0.1) is 0 Å². The van der Waals surface area contributed by atoms with Crippen LogP contribution >= 0.6 is 27.7 Å². The lowest BCUT2D eigenvalue weighted by Crippen LogP contribution is -2.11. The second kappa shape index (κ2) is 5.01. The van der Waals surface area contributed by atoms with Crippen LogP contribution in [0.5, 0.6) is 0 Å². The summed E-state index contributed by atoms with van der Waals surface area (Å²) in [7, 11) is 0. The minimum atomic E-state index is -0.0713. The van der Waals surface area contributed by atoms with Crippen LogP contribution in [0, 0.1) is 0 Å². The molecule has 16 heavy (non-hydrogen) atoms. The molecule has 3 nitrogen and oxygen atoms in total. The van der Waals surface area contributed by atoms with Crippen molar-refractivity contribution >= 4 is 38.6 Å². The van der Waals surface area contributed by atoms with Crippen molar-refractivity contribution in [2.45, 2.75) is 12.7 Å². The lowest BCUT2D eigenvalue weighted by atomic mass is 10.2. The number of nitrogens with one attached hydrogen (secondary N) is 1. The van der Waals surface area contributed by atoms with Gasteiger partial charge in [0.1, 0.15) is 5.82 Å². The molecule has 2 rings (SSSR count). The molecule has 0 bridgehead atoms. The van der Waals surface area contributed by atoms with Crippen molar-refractivity contribution in [3.63, 3.8) is 0 Å². The molecule has 0 saturated carbocycles. The summed E-state index contributed by atoms with van der Waals surface area (Å²) in [4.78, 5) is 19.0. The summed E-state index contributed by atoms with van der Waals surface area (Å²) in [6.45, 7) is 2.08. The third kappa shape index (κ3) is 2.47. The van der Waals surface area contributed by atoms with Crippen molar-refractivity contribution in [1.82, 2.24) is 9.97 Å². The molecule has 5 heteroatoms. The van der Waals surface area contributed by atoms with Crippen LogP contribution in [-0.4, -0.2) is 15.7 Å². The Labute approximate surface area is 106 Å². The predicted molar refractivity (Wildman–Crippen MR) is 71.9 cm³/mol. The van der Waals surface area contributed by atoms with Crippen LogP contribution in [-0.2, 0) is 5.75 Å². The van der Waals surface area contributed by atoms with E-state index in [0.717, 1.165) is 27.3 Å². The Morgan fingerprint density at radius 1 is 1.50 bits per heavy atom. The third-order valence-electron chi connectivity index (χ3n) is 2.16. The molecule has 1 aromatic carbocycles. The van der Waals surface area contributed by atoms with Gasteiger partial charge in [0.2, 0.25) is 0 Å². The molecule has 0 aliphatic carbocycles. The van der Waals surface area contributed by atoms with Crippen molar-refractivity contribution in [3.8, 4) is 0 Å². The minimum Gasteiger partial charge on any atom is -0.309 e. The van der Waals surface area contributed by atoms with Gasteiger partial charge in [0.25, 0.3) is 5.56 Å². The van der Waals surface area contributed by atoms with E-state index in [0.29, 0.717) is 5.39 Å². The summed E-state index contributed by atoms with van der Waals surface area (Å²) < 4.78 is 0.892. The van der Waals surface area contributed by atoms with Gasteiger partial charge in [0.15, 0.2) is 0 Å². The third-order valence-corrected chi connectivity index (χ3v) is 3.54. The Bertz CT molecular complexity index is 567. The maximum Gasteiger partial charge on any atom is 0.258 e. The Balaban J connectivity index is 2.51. The van der Waals surface area contributed by atoms with Gasteiger partial charge in [0.05, 0.1) is 16.7 Å². The summed E-state index contributed by atoms with van der Waals surface area (Å²) in [6.07, 6.45) is 0. The van der Waals surface area contributed by atoms with Crippen LogP contribution in [0.2, 0.25) is 0 Å². The van der Waals surface area contributed by atoms with Crippen molar-refractivity contribution in [1.29, 1.82) is 0 Å². The number of halogens is 1. The Morgan fingerprint density at radius 3 is 3.06 bits per heavy atom. The maximum atomic E-state index is 11.8. The van der Waals surface area contributed by atoms with Gasteiger partial charge in [-0.3, -0.25) is 4.79 Å². The fourth-order valence-electron chi connectivity index (χ4n) is 1.43. The summed E-state index contributed by atoms with van der Waals surface area (Å²) in [5, 5.41) is 0.625. The zero-order valence-corrected chi connectivity index (χ0v) is 11.2. The van der Waals surface area contributed by atoms with Gasteiger partial charge in [-0.25, -0.2) is 4.98 Å². The molecule has 0 fully saturated rings. The number of aromatic nitrogens is 2. The van der Waals surface area contributed by atoms with Crippen LogP contribution in [0.3, 0.4) is 0 Å². The highest BCUT2D eigenvalue weighted by atomic mass is 79.9. The zero-order valence-electron chi connectivity index (χ0n) is 8.79. The van der Waals surface area contributed by atoms with Crippen LogP contribution in [0.4, 0.5) is 0 Å². The number of hydrogen-bond donors (Lipinski definition) is 1. The van der Waals surface area contributed by atoms with E-state index in [-0.39, 0.29) is 5.56 Å². The fourth-order valence-corrected chi connectivity index (χ4v) is 2.32. The summed E-state index contributed by atoms with van der Waals surface area (Å²) >= 11 is 5.08. The van der Waals surface area contributed by atoms with Crippen molar-refractivity contribution in [2.24, 2.45) is 0 Å². The average Bonchev–Trinajstić information content (AvgIpc) is 2.27. The lowest BCUT2D eigenvalue weighted by Gasteiger charge is -2.02. The Morgan fingerprint density at radius 2 is 2.31 bits per heavy atom. The number of hydrogen-bond acceptors (Lipinski definition) is 3. The van der Waals surface area contributed by atoms with E-state index in [4.69, 9.17) is 0 Å². The zero-order chi connectivity index (χ0) is 11.5. The van der Waals surface area contributed by atoms with E-state index < -0.39 is 0 Å². The minimum absolute atomic E-state index is 0.0713. The van der Waals surface area contributed by atoms with Gasteiger partial charge >= 0.3 is 0 Å². The van der Waals surface area contributed by atoms with E-state index >= 15 is 0 Å². The summed E-state index contributed by atoms with van der Waals surface area (Å²) in [5.74, 6) is 2.51. The van der Waals surface area contributed by atoms with Gasteiger partial charge < -0.3 is 4.98 Å². The van der Waals surface area contributed by atoms with Crippen molar-refractivity contribution in [2.75, 3.05) is 5.75 Å². The van der Waals surface area contributed by atoms with Gasteiger partial charge in [0, 0.05) is 4.47 Å². The molecule has 0 saturated heterocycles. The number of thioether (sulfide) groups is 1. The molecule has 0 radical (unpaired) electrons. The molecule has 84 valence electrons. The van der Waals surface area contributed by atoms with E-state index in [9.17, 15) is 4.79 Å². The Kier molecular flexibility index (Phi) is 3.66. The smallest absolute Gasteiger partial charge is 0.258 e. The topological polar surface area (TPSA) is 45.8 Å². The number of rotatable bonds is 3. The SMILES string of the molecule is CCSCc1nc2ccc(Br)cc2c(=O)[nH]1. The van der Waals surface area contributed by atoms with E-state index in [1.807, 2.05) is 12.1 Å². The second-order valence-corrected chi connectivity index (χ2v) is 5.50. The number of benzene rings is 1. The number of H-pyrrole nitrogens is 1. The van der Waals surface area contributed by atoms with Crippen molar-refractivity contribution < 1.29 is 0 Å². The van der Waals surface area contributed by atoms with Gasteiger partial charge in [-0.1, -0.05) is 22.9 Å². The molecule has 0 unspecified atom stereocenters. The van der Waals surface area contributed by atoms with Crippen LogP contribution in [0.1, 0.15) is 12.7 Å². The maximum absolute atomic E-state index is 11.8. The van der Waals surface area contributed by atoms with E-state index in [2.05, 4.69) is 32.8 Å². The highest BCUT2D eigenvalue weighted by Crippen LogP contribution is 2.16. The van der Waals surface area contributed by atoms with Crippen LogP contribution < -0.4 is 5.56 Å². The molecule has 1 N–H and O–H groups in total. The normalized spacial score (nSPS) is 10.9. The van der Waals surface area contributed by atoms with E-state index in [1.165, 1.54) is 0 Å². The fraction of sp³-hybridized carbons (Fsp3) is 0.273. The first-order valence-electron chi connectivity index (χ1n) is 4.97. The largest absolute Gasteiger partial charge is 0.309 e. The lowest BCUT2D eigenvalue weighted by molar-refractivity contribution is 1.04. The van der Waals surface area contributed by atoms with Gasteiger partial charge in [-0.2, -0.15) is 11.8 Å². The van der Waals surface area contributed by atoms with Crippen LogP contribution in [0.25, 0.3) is 10.9 Å². The predicted octanol–water partition coefficient (Wildman–Crippen LogP) is 2.94. The molecule has 0 aliphatic rings. The highest BCUT2D eigenvalue weighted by molar-refractivity contribution is 9.10. The molecule has 0 atom stereocenters. The number of nitrogens with zero attached hydrogens (tertiary/aromatic N) is 1. The van der Waals surface area contributed by atoms with E-state index in [1.54, 1.807) is 17.8 Å². The summed E-state index contributed by atoms with van der Waals surface area (Å²) in [6, 6.07) is 5.54.